The van der Waals surface area contributed by atoms with Gasteiger partial charge in [0.15, 0.2) is 5.75 Å². The highest BCUT2D eigenvalue weighted by atomic mass is 35.5. The van der Waals surface area contributed by atoms with Crippen molar-refractivity contribution in [1.82, 2.24) is 19.9 Å². The smallest absolute Gasteiger partial charge is 0.225 e. The van der Waals surface area contributed by atoms with Crippen LogP contribution in [0.15, 0.2) is 42.7 Å². The van der Waals surface area contributed by atoms with Gasteiger partial charge in [-0.2, -0.15) is 0 Å². The van der Waals surface area contributed by atoms with Gasteiger partial charge in [0.05, 0.1) is 23.8 Å². The van der Waals surface area contributed by atoms with Gasteiger partial charge in [0.25, 0.3) is 0 Å². The summed E-state index contributed by atoms with van der Waals surface area (Å²) in [4.78, 5) is 17.9. The highest BCUT2D eigenvalue weighted by molar-refractivity contribution is 7.90. The first kappa shape index (κ1) is 25.6. The number of piperazine rings is 1. The molecular weight excluding hydrogens is 509 g/mol. The molecular formula is C24H27Cl2N5O3S. The number of sulfone groups is 1. The average molecular weight is 536 g/mol. The summed E-state index contributed by atoms with van der Waals surface area (Å²) in [5.41, 5.74) is 2.49. The molecule has 1 fully saturated rings. The first-order chi connectivity index (χ1) is 16.6. The molecule has 2 aromatic heterocycles. The van der Waals surface area contributed by atoms with Crippen molar-refractivity contribution in [2.45, 2.75) is 13.3 Å². The largest absolute Gasteiger partial charge is 0.436 e. The van der Waals surface area contributed by atoms with Gasteiger partial charge in [-0.3, -0.25) is 4.90 Å². The normalized spacial score (nSPS) is 14.8. The van der Waals surface area contributed by atoms with Crippen LogP contribution in [-0.2, 0) is 9.84 Å². The third kappa shape index (κ3) is 7.51. The Morgan fingerprint density at radius 3 is 2.26 bits per heavy atom. The second kappa shape index (κ2) is 11.1. The zero-order chi connectivity index (χ0) is 25.0. The summed E-state index contributed by atoms with van der Waals surface area (Å²) in [6.45, 7) is 5.99. The number of hydrogen-bond acceptors (Lipinski definition) is 8. The molecule has 1 aliphatic rings. The van der Waals surface area contributed by atoms with Gasteiger partial charge >= 0.3 is 0 Å². The second-order valence-electron chi connectivity index (χ2n) is 8.66. The van der Waals surface area contributed by atoms with E-state index in [-0.39, 0.29) is 5.75 Å². The van der Waals surface area contributed by atoms with Crippen LogP contribution in [0.2, 0.25) is 10.0 Å². The topological polar surface area (TPSA) is 88.5 Å². The number of hydrogen-bond donors (Lipinski definition) is 0. The lowest BCUT2D eigenvalue weighted by Gasteiger charge is -2.34. The number of halogens is 2. The molecule has 8 nitrogen and oxygen atoms in total. The van der Waals surface area contributed by atoms with Crippen LogP contribution >= 0.6 is 23.2 Å². The van der Waals surface area contributed by atoms with Crippen LogP contribution in [0.4, 0.5) is 5.95 Å². The molecule has 4 rings (SSSR count). The van der Waals surface area contributed by atoms with Gasteiger partial charge in [0.2, 0.25) is 11.8 Å². The number of benzene rings is 1. The summed E-state index contributed by atoms with van der Waals surface area (Å²) in [6.07, 6.45) is 5.21. The first-order valence-corrected chi connectivity index (χ1v) is 14.1. The lowest BCUT2D eigenvalue weighted by molar-refractivity contribution is 0.257. The standard InChI is InChI=1S/C24H27Cl2N5O3S/c1-17-10-22(18-12-19(25)14-20(26)13-18)29-23(11-17)34-21-15-27-24(28-16-21)31-7-5-30(6-8-31)4-3-9-35(2,32)33/h10-16H,3-9H2,1-2H3. The van der Waals surface area contributed by atoms with Crippen molar-refractivity contribution in [3.63, 3.8) is 0 Å². The van der Waals surface area contributed by atoms with Crippen LogP contribution in [0.25, 0.3) is 11.3 Å². The minimum atomic E-state index is -2.91. The van der Waals surface area contributed by atoms with E-state index in [0.717, 1.165) is 43.9 Å². The molecule has 0 atom stereocenters. The van der Waals surface area contributed by atoms with Gasteiger partial charge in [0.1, 0.15) is 9.84 Å². The summed E-state index contributed by atoms with van der Waals surface area (Å²) in [5, 5.41) is 1.08. The number of anilines is 1. The monoisotopic (exact) mass is 535 g/mol. The van der Waals surface area contributed by atoms with Crippen LogP contribution < -0.4 is 9.64 Å². The Morgan fingerprint density at radius 1 is 0.971 bits per heavy atom. The molecule has 0 unspecified atom stereocenters. The molecule has 35 heavy (non-hydrogen) atoms. The Balaban J connectivity index is 1.36. The van der Waals surface area contributed by atoms with Gasteiger partial charge in [-0.25, -0.2) is 23.4 Å². The van der Waals surface area contributed by atoms with E-state index < -0.39 is 9.84 Å². The van der Waals surface area contributed by atoms with E-state index in [4.69, 9.17) is 27.9 Å². The van der Waals surface area contributed by atoms with Crippen molar-refractivity contribution in [2.24, 2.45) is 0 Å². The van der Waals surface area contributed by atoms with Gasteiger partial charge < -0.3 is 9.64 Å². The number of nitrogens with zero attached hydrogens (tertiary/aromatic N) is 5. The van der Waals surface area contributed by atoms with E-state index in [1.165, 1.54) is 6.26 Å². The van der Waals surface area contributed by atoms with E-state index in [1.54, 1.807) is 18.5 Å². The second-order valence-corrected chi connectivity index (χ2v) is 11.8. The SMILES string of the molecule is Cc1cc(Oc2cnc(N3CCN(CCCS(C)(=O)=O)CC3)nc2)nc(-c2cc(Cl)cc(Cl)c2)c1. The Labute approximate surface area is 215 Å². The van der Waals surface area contributed by atoms with Crippen LogP contribution in [0.1, 0.15) is 12.0 Å². The van der Waals surface area contributed by atoms with Crippen molar-refractivity contribution in [3.05, 3.63) is 58.3 Å². The van der Waals surface area contributed by atoms with Gasteiger partial charge in [0, 0.05) is 54.1 Å². The number of ether oxygens (including phenoxy) is 1. The van der Waals surface area contributed by atoms with E-state index in [9.17, 15) is 8.42 Å². The zero-order valence-corrected chi connectivity index (χ0v) is 21.9. The predicted octanol–water partition coefficient (Wildman–Crippen LogP) is 4.50. The fraction of sp³-hybridized carbons (Fsp3) is 0.375. The molecule has 0 radical (unpaired) electrons. The first-order valence-electron chi connectivity index (χ1n) is 11.2. The molecule has 1 aliphatic heterocycles. The van der Waals surface area contributed by atoms with E-state index >= 15 is 0 Å². The molecule has 3 heterocycles. The molecule has 3 aromatic rings. The number of pyridine rings is 1. The third-order valence-corrected chi connectivity index (χ3v) is 7.05. The molecule has 186 valence electrons. The van der Waals surface area contributed by atoms with Gasteiger partial charge in [-0.1, -0.05) is 23.2 Å². The Hall–Kier alpha value is -2.46. The molecule has 0 aliphatic carbocycles. The average Bonchev–Trinajstić information content (AvgIpc) is 2.78. The molecule has 0 bridgehead atoms. The maximum atomic E-state index is 11.3. The van der Waals surface area contributed by atoms with Crippen LogP contribution in [0.3, 0.4) is 0 Å². The summed E-state index contributed by atoms with van der Waals surface area (Å²) >= 11 is 12.3. The molecule has 1 saturated heterocycles. The van der Waals surface area contributed by atoms with Crippen molar-refractivity contribution < 1.29 is 13.2 Å². The highest BCUT2D eigenvalue weighted by Gasteiger charge is 2.19. The minimum absolute atomic E-state index is 0.224. The number of aromatic nitrogens is 3. The lowest BCUT2D eigenvalue weighted by atomic mass is 10.1. The predicted molar refractivity (Wildman–Crippen MR) is 140 cm³/mol. The summed E-state index contributed by atoms with van der Waals surface area (Å²) in [5.74, 6) is 1.78. The maximum Gasteiger partial charge on any atom is 0.225 e. The molecule has 0 N–H and O–H groups in total. The fourth-order valence-corrected chi connectivity index (χ4v) is 5.08. The van der Waals surface area contributed by atoms with Crippen molar-refractivity contribution in [1.29, 1.82) is 0 Å². The van der Waals surface area contributed by atoms with Crippen LogP contribution in [0.5, 0.6) is 11.6 Å². The van der Waals surface area contributed by atoms with E-state index in [0.29, 0.717) is 39.7 Å². The van der Waals surface area contributed by atoms with Gasteiger partial charge in [-0.05, 0) is 49.7 Å². The van der Waals surface area contributed by atoms with E-state index in [2.05, 4.69) is 24.8 Å². The maximum absolute atomic E-state index is 11.3. The summed E-state index contributed by atoms with van der Waals surface area (Å²) < 4.78 is 28.6. The number of rotatable bonds is 8. The molecule has 0 amide bonds. The third-order valence-electron chi connectivity index (χ3n) is 5.59. The highest BCUT2D eigenvalue weighted by Crippen LogP contribution is 2.29. The summed E-state index contributed by atoms with van der Waals surface area (Å²) in [7, 11) is -2.91. The zero-order valence-electron chi connectivity index (χ0n) is 19.6. The fourth-order valence-electron chi connectivity index (χ4n) is 3.91. The summed E-state index contributed by atoms with van der Waals surface area (Å²) in [6, 6.07) is 9.07. The molecule has 1 aromatic carbocycles. The Bertz CT molecular complexity index is 1260. The van der Waals surface area contributed by atoms with Crippen LogP contribution in [-0.4, -0.2) is 73.0 Å². The lowest BCUT2D eigenvalue weighted by Crippen LogP contribution is -2.47. The van der Waals surface area contributed by atoms with Crippen LogP contribution in [0, 0.1) is 6.92 Å². The van der Waals surface area contributed by atoms with Crippen molar-refractivity contribution >= 4 is 39.0 Å². The molecule has 0 spiro atoms. The van der Waals surface area contributed by atoms with Gasteiger partial charge in [-0.15, -0.1) is 0 Å². The number of aryl methyl sites for hydroxylation is 1. The van der Waals surface area contributed by atoms with Crippen molar-refractivity contribution in [2.75, 3.05) is 49.6 Å². The molecule has 0 saturated carbocycles. The minimum Gasteiger partial charge on any atom is -0.436 e. The van der Waals surface area contributed by atoms with E-state index in [1.807, 2.05) is 31.2 Å². The molecule has 11 heteroatoms. The quantitative estimate of drug-likeness (QED) is 0.416. The Morgan fingerprint density at radius 2 is 1.63 bits per heavy atom. The Kier molecular flexibility index (Phi) is 8.11. The van der Waals surface area contributed by atoms with Crippen molar-refractivity contribution in [3.8, 4) is 22.9 Å².